The van der Waals surface area contributed by atoms with E-state index in [2.05, 4.69) is 37.2 Å². The fourth-order valence-corrected chi connectivity index (χ4v) is 11.8. The fourth-order valence-electron chi connectivity index (χ4n) is 10.6. The number of aliphatic hydroxyl groups is 1. The molecule has 10 atom stereocenters. The van der Waals surface area contributed by atoms with Crippen LogP contribution in [0.1, 0.15) is 90.2 Å². The zero-order valence-electron chi connectivity index (χ0n) is 53.0. The number of benzene rings is 2. The van der Waals surface area contributed by atoms with E-state index in [0.29, 0.717) is 29.8 Å². The molecule has 2 aromatic carbocycles. The molecular formula is C62H85BrClN9O17S. The van der Waals surface area contributed by atoms with E-state index < -0.39 is 107 Å². The fraction of sp³-hybridized carbons (Fsp3) is 0.565. The number of allylic oxidation sites excluding steroid dienone is 4. The minimum Gasteiger partial charge on any atom is -0.495 e. The van der Waals surface area contributed by atoms with E-state index in [0.717, 1.165) is 42.2 Å². The summed E-state index contributed by atoms with van der Waals surface area (Å²) in [5.74, 6) is -2.94. The highest BCUT2D eigenvalue weighted by Crippen LogP contribution is 2.49. The molecule has 0 unspecified atom stereocenters. The number of carbonyl (C=O) groups is 9. The van der Waals surface area contributed by atoms with Crippen LogP contribution >= 0.6 is 39.3 Å². The molecule has 7 N–H and O–H groups in total. The summed E-state index contributed by atoms with van der Waals surface area (Å²) in [4.78, 5) is 125. The number of alkyl carbamates (subject to hydrolysis) is 1. The summed E-state index contributed by atoms with van der Waals surface area (Å²) >= 11 is 10.8. The molecule has 4 bridgehead atoms. The van der Waals surface area contributed by atoms with Crippen LogP contribution in [0.25, 0.3) is 0 Å². The largest absolute Gasteiger partial charge is 0.495 e. The standard InChI is InChI=1S/C62H85BrClN9O17S/c1-36-16-15-19-48(85-10)62(83)33-47(88-58(80)69-62)37(2)55-61(4,90-55)49(32-53(77)73(8)44-30-40(28-36)31-46(84-9)54(44)64)89-56(78)38(3)72(7)52(76)23-27-91-60(82)71(6)26-25-70(5)59(81)86-35-39-20-21-45(43(29-39)67-50(74)22-24-66-51(75)34-63)87-57(79)68-42-18-14-12-11-13-17-41(42)65/h13,15-17,19-21,29-31,37-38,41-42,47-49,55,83H,11-12,14,18,22-28,32-35,65H2,1-10H3,(H,66,75)(H,67,74)(H,68,79)(H,69,80)/b17-13+,19-15+,36-16+/t37-,38+,41+,42+,47+,48-,49+,55+,61+,62+/m1/s1. The van der Waals surface area contributed by atoms with Crippen LogP contribution in [0.15, 0.2) is 66.3 Å². The summed E-state index contributed by atoms with van der Waals surface area (Å²) in [6, 6.07) is 6.01. The molecule has 26 nitrogen and oxygen atoms in total. The third-order valence-corrected chi connectivity index (χ3v) is 18.3. The van der Waals surface area contributed by atoms with Crippen molar-refractivity contribution in [2.24, 2.45) is 11.7 Å². The number of nitrogens with one attached hydrogen (secondary N) is 4. The summed E-state index contributed by atoms with van der Waals surface area (Å²) in [5.41, 5.74) is 5.54. The second-order valence-electron chi connectivity index (χ2n) is 23.2. The lowest BCUT2D eigenvalue weighted by Gasteiger charge is -2.42. The average Bonchev–Trinajstić information content (AvgIpc) is 1.58. The smallest absolute Gasteiger partial charge is 0.412 e. The number of nitrogens with two attached hydrogens (primary N) is 1. The number of nitrogens with zero attached hydrogens (tertiary/aromatic N) is 4. The van der Waals surface area contributed by atoms with Crippen LogP contribution in [0, 0.1) is 5.92 Å². The molecule has 0 radical (unpaired) electrons. The number of ether oxygens (including phenoxy) is 7. The number of thioether (sulfide) groups is 1. The average molecular weight is 1380 g/mol. The number of epoxide rings is 1. The summed E-state index contributed by atoms with van der Waals surface area (Å²) in [5, 5.41) is 22.3. The van der Waals surface area contributed by atoms with E-state index in [9.17, 15) is 48.3 Å². The summed E-state index contributed by atoms with van der Waals surface area (Å²) in [6.07, 6.45) is 5.56. The Balaban J connectivity index is 1.04. The van der Waals surface area contributed by atoms with Crippen molar-refractivity contribution >= 4 is 104 Å². The predicted octanol–water partition coefficient (Wildman–Crippen LogP) is 6.71. The van der Waals surface area contributed by atoms with Crippen molar-refractivity contribution in [1.29, 1.82) is 0 Å². The van der Waals surface area contributed by atoms with E-state index >= 15 is 0 Å². The number of methoxy groups -OCH3 is 2. The van der Waals surface area contributed by atoms with Gasteiger partial charge in [0.15, 0.2) is 11.5 Å². The zero-order valence-corrected chi connectivity index (χ0v) is 56.2. The Labute approximate surface area is 548 Å². The Morgan fingerprint density at radius 1 is 1.01 bits per heavy atom. The number of likely N-dealkylation sites (N-methyl/N-ethyl adjacent to an activating group) is 3. The molecular weight excluding hydrogens is 1290 g/mol. The molecule has 2 aromatic rings. The maximum Gasteiger partial charge on any atom is 0.412 e. The quantitative estimate of drug-likeness (QED) is 0.0264. The van der Waals surface area contributed by atoms with Gasteiger partial charge in [-0.05, 0) is 81.8 Å². The number of halogens is 2. The van der Waals surface area contributed by atoms with Gasteiger partial charge in [0.2, 0.25) is 23.6 Å². The number of hydrogen-bond donors (Lipinski definition) is 6. The van der Waals surface area contributed by atoms with Crippen molar-refractivity contribution in [3.05, 3.63) is 82.4 Å². The monoisotopic (exact) mass is 1370 g/mol. The Morgan fingerprint density at radius 3 is 2.46 bits per heavy atom. The van der Waals surface area contributed by atoms with E-state index in [4.69, 9.17) is 50.5 Å². The highest BCUT2D eigenvalue weighted by Gasteiger charge is 2.64. The van der Waals surface area contributed by atoms with Gasteiger partial charge in [0.1, 0.15) is 47.3 Å². The molecule has 2 saturated heterocycles. The number of anilines is 2. The third kappa shape index (κ3) is 20.3. The molecule has 0 saturated carbocycles. The third-order valence-electron chi connectivity index (χ3n) is 16.4. The van der Waals surface area contributed by atoms with Crippen molar-refractivity contribution in [2.45, 2.75) is 146 Å². The van der Waals surface area contributed by atoms with Crippen molar-refractivity contribution < 1.29 is 81.4 Å². The van der Waals surface area contributed by atoms with Crippen LogP contribution in [-0.4, -0.2) is 200 Å². The van der Waals surface area contributed by atoms with Crippen molar-refractivity contribution in [3.8, 4) is 11.5 Å². The molecule has 8 amide bonds. The normalized spacial score (nSPS) is 25.7. The second-order valence-corrected chi connectivity index (χ2v) is 25.2. The molecule has 0 spiro atoms. The molecule has 1 aliphatic carbocycles. The Bertz CT molecular complexity index is 3090. The zero-order chi connectivity index (χ0) is 66.9. The van der Waals surface area contributed by atoms with Gasteiger partial charge in [0, 0.05) is 91.9 Å². The minimum absolute atomic E-state index is 0.0102. The lowest BCUT2D eigenvalue weighted by molar-refractivity contribution is -0.162. The lowest BCUT2D eigenvalue weighted by Crippen LogP contribution is -2.63. The van der Waals surface area contributed by atoms with Gasteiger partial charge in [-0.3, -0.25) is 29.3 Å². The van der Waals surface area contributed by atoms with Gasteiger partial charge in [-0.15, -0.1) is 0 Å². The number of fused-ring (bicyclic) bond motifs is 5. The molecule has 91 heavy (non-hydrogen) atoms. The Morgan fingerprint density at radius 2 is 1.75 bits per heavy atom. The molecule has 0 aromatic heterocycles. The van der Waals surface area contributed by atoms with Crippen LogP contribution in [0.3, 0.4) is 0 Å². The van der Waals surface area contributed by atoms with Gasteiger partial charge in [0.25, 0.3) is 5.24 Å². The van der Waals surface area contributed by atoms with E-state index in [1.54, 1.807) is 44.2 Å². The number of carbonyl (C=O) groups excluding carboxylic acids is 9. The van der Waals surface area contributed by atoms with E-state index in [-0.39, 0.29) is 85.0 Å². The first-order valence-corrected chi connectivity index (χ1v) is 32.4. The summed E-state index contributed by atoms with van der Waals surface area (Å²) in [6.45, 7) is 6.71. The molecule has 4 aliphatic rings. The predicted molar refractivity (Wildman–Crippen MR) is 344 cm³/mol. The molecule has 6 rings (SSSR count). The van der Waals surface area contributed by atoms with Crippen LogP contribution in [-0.2, 0) is 60.7 Å². The van der Waals surface area contributed by atoms with Crippen LogP contribution in [0.2, 0.25) is 5.02 Å². The van der Waals surface area contributed by atoms with Gasteiger partial charge < -0.3 is 79.5 Å². The SMILES string of the molecule is COc1cc2cc(c1Cl)N(C)C(=O)C[C@H](OC(=O)[C@H](C)N(C)C(=O)CCSC(=O)N(C)CCN(C)C(=O)OCc1ccc(OC(=O)N[C@H]3CCCC/C=C/[C@@H]3N)c(NC(=O)CCNC(=O)CBr)c1)[C@]1(C)O[C@H]1[C@H](C)[C@@H]1C[C@@](O)(NC(=O)O1)[C@H](OC)/C=C/C=C(\C)C2. The highest BCUT2D eigenvalue weighted by atomic mass is 79.9. The van der Waals surface area contributed by atoms with Gasteiger partial charge in [-0.25, -0.2) is 19.2 Å². The number of alkyl halides is 1. The first-order chi connectivity index (χ1) is 43.1. The number of esters is 1. The van der Waals surface area contributed by atoms with Gasteiger partial charge in [-0.2, -0.15) is 0 Å². The first kappa shape index (κ1) is 73.1. The second kappa shape index (κ2) is 33.6. The maximum absolute atomic E-state index is 14.4. The van der Waals surface area contributed by atoms with Crippen LogP contribution in [0.5, 0.6) is 11.5 Å². The maximum atomic E-state index is 14.4. The number of rotatable bonds is 20. The molecule has 3 heterocycles. The summed E-state index contributed by atoms with van der Waals surface area (Å²) in [7, 11) is 8.82. The Hall–Kier alpha value is -6.95. The van der Waals surface area contributed by atoms with Gasteiger partial charge in [-0.1, -0.05) is 94.7 Å². The lowest BCUT2D eigenvalue weighted by atomic mass is 9.83. The number of hydrogen-bond acceptors (Lipinski definition) is 19. The first-order valence-electron chi connectivity index (χ1n) is 29.9. The van der Waals surface area contributed by atoms with E-state index in [1.165, 1.54) is 81.1 Å². The van der Waals surface area contributed by atoms with Gasteiger partial charge >= 0.3 is 24.2 Å². The Kier molecular flexibility index (Phi) is 27.0. The van der Waals surface area contributed by atoms with Crippen molar-refractivity contribution in [1.82, 2.24) is 30.7 Å². The molecule has 500 valence electrons. The van der Waals surface area contributed by atoms with E-state index in [1.807, 2.05) is 25.2 Å². The summed E-state index contributed by atoms with van der Waals surface area (Å²) < 4.78 is 40.7. The molecule has 29 heteroatoms. The van der Waals surface area contributed by atoms with Crippen molar-refractivity contribution in [3.63, 3.8) is 0 Å². The topological polar surface area (TPSA) is 329 Å². The van der Waals surface area contributed by atoms with Crippen LogP contribution in [0.4, 0.5) is 30.6 Å². The minimum atomic E-state index is -1.90. The molecule has 2 fully saturated rings. The number of amides is 8. The highest BCUT2D eigenvalue weighted by molar-refractivity contribution is 9.09. The van der Waals surface area contributed by atoms with Gasteiger partial charge in [0.05, 0.1) is 42.4 Å². The van der Waals surface area contributed by atoms with Crippen molar-refractivity contribution in [2.75, 3.05) is 83.3 Å². The molecule has 3 aliphatic heterocycles. The van der Waals surface area contributed by atoms with Crippen LogP contribution < -0.4 is 41.4 Å².